The molecule has 1 aliphatic heterocycles. The van der Waals surface area contributed by atoms with Crippen LogP contribution in [0.2, 0.25) is 0 Å². The van der Waals surface area contributed by atoms with E-state index >= 15 is 0 Å². The SMILES string of the molecule is N#CC1CN1C(=O)C1CC1(Cl)Cl. The van der Waals surface area contributed by atoms with Gasteiger partial charge in [0.25, 0.3) is 0 Å². The van der Waals surface area contributed by atoms with E-state index < -0.39 is 4.33 Å². The van der Waals surface area contributed by atoms with Gasteiger partial charge in [0.05, 0.1) is 18.5 Å². The Labute approximate surface area is 79.8 Å². The summed E-state index contributed by atoms with van der Waals surface area (Å²) in [5.74, 6) is -0.356. The summed E-state index contributed by atoms with van der Waals surface area (Å²) in [6.45, 7) is 0.537. The number of nitriles is 1. The van der Waals surface area contributed by atoms with Gasteiger partial charge in [-0.3, -0.25) is 4.79 Å². The fraction of sp³-hybridized carbons (Fsp3) is 0.714. The molecule has 0 spiro atoms. The zero-order valence-corrected chi connectivity index (χ0v) is 7.64. The lowest BCUT2D eigenvalue weighted by Gasteiger charge is -1.99. The van der Waals surface area contributed by atoms with Crippen molar-refractivity contribution in [3.8, 4) is 6.07 Å². The Kier molecular flexibility index (Phi) is 1.54. The predicted molar refractivity (Wildman–Crippen MR) is 43.7 cm³/mol. The molecule has 0 radical (unpaired) electrons. The third kappa shape index (κ3) is 1.16. The first-order valence-electron chi connectivity index (χ1n) is 3.64. The van der Waals surface area contributed by atoms with Crippen LogP contribution in [-0.4, -0.2) is 27.7 Å². The highest BCUT2D eigenvalue weighted by Crippen LogP contribution is 2.54. The van der Waals surface area contributed by atoms with Crippen LogP contribution in [0.25, 0.3) is 0 Å². The number of carbonyl (C=O) groups excluding carboxylic acids is 1. The van der Waals surface area contributed by atoms with Gasteiger partial charge < -0.3 is 4.90 Å². The largest absolute Gasteiger partial charge is 0.321 e. The molecular weight excluding hydrogens is 199 g/mol. The molecule has 0 N–H and O–H groups in total. The summed E-state index contributed by atoms with van der Waals surface area (Å²) < 4.78 is -0.861. The van der Waals surface area contributed by atoms with Gasteiger partial charge in [-0.1, -0.05) is 0 Å². The van der Waals surface area contributed by atoms with Crippen LogP contribution in [0.4, 0.5) is 0 Å². The van der Waals surface area contributed by atoms with Crippen molar-refractivity contribution in [1.82, 2.24) is 4.90 Å². The summed E-state index contributed by atoms with van der Waals surface area (Å²) >= 11 is 11.4. The fourth-order valence-corrected chi connectivity index (χ4v) is 1.67. The van der Waals surface area contributed by atoms with Gasteiger partial charge >= 0.3 is 0 Å². The van der Waals surface area contributed by atoms with Gasteiger partial charge in [-0.25, -0.2) is 0 Å². The Morgan fingerprint density at radius 1 is 1.67 bits per heavy atom. The summed E-state index contributed by atoms with van der Waals surface area (Å²) in [6, 6.07) is 1.76. The average Bonchev–Trinajstić information content (AvgIpc) is 2.84. The first kappa shape index (κ1) is 8.15. The van der Waals surface area contributed by atoms with Gasteiger partial charge in [-0.15, -0.1) is 23.2 Å². The van der Waals surface area contributed by atoms with E-state index in [1.807, 2.05) is 6.07 Å². The standard InChI is InChI=1S/C7H6Cl2N2O/c8-7(9)1-5(7)6(12)11-3-4(11)2-10/h4-5H,1,3H2. The number of hydrogen-bond donors (Lipinski definition) is 0. The van der Waals surface area contributed by atoms with Gasteiger partial charge in [0.2, 0.25) is 5.91 Å². The molecule has 1 aliphatic carbocycles. The molecule has 5 heteroatoms. The Morgan fingerprint density at radius 2 is 2.25 bits per heavy atom. The van der Waals surface area contributed by atoms with E-state index in [1.54, 1.807) is 0 Å². The Hall–Kier alpha value is -0.460. The monoisotopic (exact) mass is 204 g/mol. The van der Waals surface area contributed by atoms with Crippen molar-refractivity contribution in [3.05, 3.63) is 0 Å². The molecule has 0 aromatic carbocycles. The molecule has 0 bridgehead atoms. The molecule has 2 unspecified atom stereocenters. The molecule has 1 saturated carbocycles. The molecule has 0 aromatic heterocycles. The van der Waals surface area contributed by atoms with E-state index in [0.29, 0.717) is 13.0 Å². The van der Waals surface area contributed by atoms with Gasteiger partial charge in [0.15, 0.2) is 0 Å². The molecule has 64 valence electrons. The van der Waals surface area contributed by atoms with Crippen LogP contribution < -0.4 is 0 Å². The maximum absolute atomic E-state index is 11.4. The van der Waals surface area contributed by atoms with Crippen molar-refractivity contribution in [1.29, 1.82) is 5.26 Å². The van der Waals surface area contributed by atoms with Gasteiger partial charge in [-0.2, -0.15) is 5.26 Å². The maximum atomic E-state index is 11.4. The van der Waals surface area contributed by atoms with Crippen LogP contribution in [0.15, 0.2) is 0 Å². The highest BCUT2D eigenvalue weighted by atomic mass is 35.5. The lowest BCUT2D eigenvalue weighted by Crippen LogP contribution is -2.17. The Balaban J connectivity index is 1.93. The number of rotatable bonds is 1. The highest BCUT2D eigenvalue weighted by Gasteiger charge is 2.60. The van der Waals surface area contributed by atoms with Gasteiger partial charge in [0, 0.05) is 0 Å². The molecular formula is C7H6Cl2N2O. The van der Waals surface area contributed by atoms with E-state index in [4.69, 9.17) is 28.5 Å². The molecule has 2 aliphatic rings. The first-order chi connectivity index (χ1) is 5.56. The topological polar surface area (TPSA) is 43.9 Å². The second kappa shape index (κ2) is 2.27. The van der Waals surface area contributed by atoms with Crippen molar-refractivity contribution in [2.45, 2.75) is 16.8 Å². The summed E-state index contributed by atoms with van der Waals surface area (Å²) in [6.07, 6.45) is 0.517. The van der Waals surface area contributed by atoms with E-state index in [0.717, 1.165) is 0 Å². The van der Waals surface area contributed by atoms with Gasteiger partial charge in [0.1, 0.15) is 10.4 Å². The third-order valence-electron chi connectivity index (χ3n) is 2.17. The van der Waals surface area contributed by atoms with E-state index in [9.17, 15) is 4.79 Å². The van der Waals surface area contributed by atoms with Crippen LogP contribution in [0.1, 0.15) is 6.42 Å². The van der Waals surface area contributed by atoms with Crippen molar-refractivity contribution in [3.63, 3.8) is 0 Å². The quantitative estimate of drug-likeness (QED) is 0.471. The predicted octanol–water partition coefficient (Wildman–Crippen LogP) is 0.915. The lowest BCUT2D eigenvalue weighted by atomic mass is 10.4. The van der Waals surface area contributed by atoms with E-state index in [-0.39, 0.29) is 17.9 Å². The summed E-state index contributed by atoms with van der Waals surface area (Å²) in [5.41, 5.74) is 0. The minimum atomic E-state index is -0.861. The third-order valence-corrected chi connectivity index (χ3v) is 3.00. The van der Waals surface area contributed by atoms with Crippen LogP contribution in [-0.2, 0) is 4.79 Å². The van der Waals surface area contributed by atoms with Gasteiger partial charge in [-0.05, 0) is 6.42 Å². The summed E-state index contributed by atoms with van der Waals surface area (Å²) in [4.78, 5) is 12.9. The van der Waals surface area contributed by atoms with Crippen molar-refractivity contribution in [2.75, 3.05) is 6.54 Å². The molecule has 2 fully saturated rings. The number of nitrogens with zero attached hydrogens (tertiary/aromatic N) is 2. The van der Waals surface area contributed by atoms with Crippen LogP contribution >= 0.6 is 23.2 Å². The van der Waals surface area contributed by atoms with Crippen molar-refractivity contribution in [2.24, 2.45) is 5.92 Å². The summed E-state index contributed by atoms with van der Waals surface area (Å²) in [5, 5.41) is 8.45. The Morgan fingerprint density at radius 3 is 2.58 bits per heavy atom. The van der Waals surface area contributed by atoms with E-state index in [2.05, 4.69) is 0 Å². The molecule has 12 heavy (non-hydrogen) atoms. The second-order valence-corrected chi connectivity index (χ2v) is 4.70. The number of carbonyl (C=O) groups is 1. The number of halogens is 2. The molecule has 1 amide bonds. The molecule has 2 atom stereocenters. The molecule has 3 nitrogen and oxygen atoms in total. The minimum Gasteiger partial charge on any atom is -0.321 e. The zero-order valence-electron chi connectivity index (χ0n) is 6.13. The number of hydrogen-bond acceptors (Lipinski definition) is 2. The molecule has 0 aromatic rings. The fourth-order valence-electron chi connectivity index (χ4n) is 1.17. The Bertz CT molecular complexity index is 284. The number of alkyl halides is 2. The van der Waals surface area contributed by atoms with Crippen molar-refractivity contribution >= 4 is 29.1 Å². The lowest BCUT2D eigenvalue weighted by molar-refractivity contribution is -0.127. The molecule has 1 saturated heterocycles. The summed E-state index contributed by atoms with van der Waals surface area (Å²) in [7, 11) is 0. The van der Waals surface area contributed by atoms with Crippen LogP contribution in [0.3, 0.4) is 0 Å². The maximum Gasteiger partial charge on any atom is 0.230 e. The smallest absolute Gasteiger partial charge is 0.230 e. The second-order valence-electron chi connectivity index (χ2n) is 3.15. The highest BCUT2D eigenvalue weighted by molar-refractivity contribution is 6.52. The minimum absolute atomic E-state index is 0.0773. The van der Waals surface area contributed by atoms with E-state index in [1.165, 1.54) is 4.90 Å². The van der Waals surface area contributed by atoms with Crippen molar-refractivity contribution < 1.29 is 4.79 Å². The molecule has 1 heterocycles. The average molecular weight is 205 g/mol. The molecule has 2 rings (SSSR count). The van der Waals surface area contributed by atoms with Crippen LogP contribution in [0, 0.1) is 17.2 Å². The van der Waals surface area contributed by atoms with Crippen LogP contribution in [0.5, 0.6) is 0 Å². The zero-order chi connectivity index (χ0) is 8.93. The first-order valence-corrected chi connectivity index (χ1v) is 4.40. The number of amides is 1. The normalized spacial score (nSPS) is 35.6.